The van der Waals surface area contributed by atoms with Crippen LogP contribution in [-0.2, 0) is 22.4 Å². The van der Waals surface area contributed by atoms with E-state index in [1.54, 1.807) is 0 Å². The molecule has 0 saturated heterocycles. The Morgan fingerprint density at radius 3 is 2.03 bits per heavy atom. The van der Waals surface area contributed by atoms with E-state index in [4.69, 9.17) is 0 Å². The highest BCUT2D eigenvalue weighted by Crippen LogP contribution is 2.37. The van der Waals surface area contributed by atoms with Crippen LogP contribution in [0.5, 0.6) is 0 Å². The van der Waals surface area contributed by atoms with Gasteiger partial charge in [0.25, 0.3) is 0 Å². The van der Waals surface area contributed by atoms with Gasteiger partial charge < -0.3 is 0 Å². The normalized spacial score (nSPS) is 19.6. The summed E-state index contributed by atoms with van der Waals surface area (Å²) < 4.78 is 1.23. The molecule has 4 heteroatoms. The molecule has 0 bridgehead atoms. The standard InChI is InChI=1S/C25H29IO2S/c1-4-18-12-16(3)13-19(5-2)24(18)25-22(27)14-17(15-23(25)28)10-11-29-21-8-6-20(26)7-9-21/h6-9,12-13,17,25H,4-5,10-11,14-15H2,1-3H3. The fourth-order valence-electron chi connectivity index (χ4n) is 4.37. The van der Waals surface area contributed by atoms with Crippen LogP contribution in [0.4, 0.5) is 0 Å². The molecule has 0 heterocycles. The molecule has 1 fully saturated rings. The van der Waals surface area contributed by atoms with Crippen LogP contribution >= 0.6 is 34.4 Å². The monoisotopic (exact) mass is 520 g/mol. The van der Waals surface area contributed by atoms with Gasteiger partial charge in [0.1, 0.15) is 17.5 Å². The van der Waals surface area contributed by atoms with Gasteiger partial charge in [0.2, 0.25) is 0 Å². The lowest BCUT2D eigenvalue weighted by Crippen LogP contribution is -2.33. The zero-order valence-electron chi connectivity index (χ0n) is 17.5. The molecule has 1 aliphatic carbocycles. The molecule has 0 aliphatic heterocycles. The molecular formula is C25H29IO2S. The summed E-state index contributed by atoms with van der Waals surface area (Å²) in [4.78, 5) is 27.4. The van der Waals surface area contributed by atoms with Crippen molar-refractivity contribution in [1.29, 1.82) is 0 Å². The fourth-order valence-corrected chi connectivity index (χ4v) is 5.74. The van der Waals surface area contributed by atoms with E-state index in [0.717, 1.165) is 30.6 Å². The van der Waals surface area contributed by atoms with Gasteiger partial charge in [-0.05, 0) is 101 Å². The molecule has 154 valence electrons. The van der Waals surface area contributed by atoms with Crippen molar-refractivity contribution in [3.63, 3.8) is 0 Å². The highest BCUT2D eigenvalue weighted by molar-refractivity contribution is 14.1. The molecule has 2 aromatic carbocycles. The van der Waals surface area contributed by atoms with Gasteiger partial charge in [0, 0.05) is 21.3 Å². The van der Waals surface area contributed by atoms with Crippen molar-refractivity contribution in [1.82, 2.24) is 0 Å². The number of rotatable bonds is 7. The van der Waals surface area contributed by atoms with E-state index in [0.29, 0.717) is 12.8 Å². The van der Waals surface area contributed by atoms with Crippen molar-refractivity contribution in [2.24, 2.45) is 5.92 Å². The minimum absolute atomic E-state index is 0.124. The van der Waals surface area contributed by atoms with Gasteiger partial charge in [-0.25, -0.2) is 0 Å². The third kappa shape index (κ3) is 5.52. The van der Waals surface area contributed by atoms with Crippen LogP contribution in [0.25, 0.3) is 0 Å². The van der Waals surface area contributed by atoms with Crippen molar-refractivity contribution in [3.8, 4) is 0 Å². The Morgan fingerprint density at radius 2 is 1.52 bits per heavy atom. The van der Waals surface area contributed by atoms with Crippen LogP contribution in [0.2, 0.25) is 0 Å². The predicted molar refractivity (Wildman–Crippen MR) is 130 cm³/mol. The first-order valence-electron chi connectivity index (χ1n) is 10.5. The maximum Gasteiger partial charge on any atom is 0.148 e. The largest absolute Gasteiger partial charge is 0.299 e. The van der Waals surface area contributed by atoms with Crippen LogP contribution in [0, 0.1) is 16.4 Å². The Balaban J connectivity index is 1.68. The Kier molecular flexibility index (Phi) is 7.97. The quantitative estimate of drug-likeness (QED) is 0.236. The number of benzene rings is 2. The van der Waals surface area contributed by atoms with Crippen LogP contribution in [-0.4, -0.2) is 17.3 Å². The number of hydrogen-bond donors (Lipinski definition) is 0. The molecular weight excluding hydrogens is 491 g/mol. The Morgan fingerprint density at radius 1 is 0.966 bits per heavy atom. The second-order valence-corrected chi connectivity index (χ2v) is 10.3. The molecule has 0 radical (unpaired) electrons. The number of thioether (sulfide) groups is 1. The minimum Gasteiger partial charge on any atom is -0.299 e. The summed E-state index contributed by atoms with van der Waals surface area (Å²) in [7, 11) is 0. The minimum atomic E-state index is -0.541. The van der Waals surface area contributed by atoms with Crippen LogP contribution in [0.15, 0.2) is 41.3 Å². The second kappa shape index (κ2) is 10.3. The summed E-state index contributed by atoms with van der Waals surface area (Å²) >= 11 is 4.12. The van der Waals surface area contributed by atoms with E-state index in [1.165, 1.54) is 25.2 Å². The maximum absolute atomic E-state index is 13.1. The Hall–Kier alpha value is -1.14. The van der Waals surface area contributed by atoms with E-state index in [-0.39, 0.29) is 17.5 Å². The molecule has 1 aliphatic rings. The predicted octanol–water partition coefficient (Wildman–Crippen LogP) is 6.54. The molecule has 3 rings (SSSR count). The molecule has 0 unspecified atom stereocenters. The van der Waals surface area contributed by atoms with E-state index < -0.39 is 5.92 Å². The first-order chi connectivity index (χ1) is 13.9. The SMILES string of the molecule is CCc1cc(C)cc(CC)c1C1C(=O)CC(CCSc2ccc(I)cc2)CC1=O. The van der Waals surface area contributed by atoms with Crippen molar-refractivity contribution in [2.45, 2.75) is 63.7 Å². The van der Waals surface area contributed by atoms with E-state index in [1.807, 2.05) is 11.8 Å². The molecule has 2 nitrogen and oxygen atoms in total. The Bertz CT molecular complexity index is 845. The lowest BCUT2D eigenvalue weighted by Gasteiger charge is -2.29. The number of aryl methyl sites for hydroxylation is 3. The highest BCUT2D eigenvalue weighted by Gasteiger charge is 2.38. The zero-order chi connectivity index (χ0) is 21.0. The van der Waals surface area contributed by atoms with Gasteiger partial charge in [0.05, 0.1) is 0 Å². The average molecular weight is 520 g/mol. The first-order valence-corrected chi connectivity index (χ1v) is 12.5. The fraction of sp³-hybridized carbons (Fsp3) is 0.440. The maximum atomic E-state index is 13.1. The van der Waals surface area contributed by atoms with Crippen molar-refractivity contribution >= 4 is 45.9 Å². The second-order valence-electron chi connectivity index (χ2n) is 7.93. The zero-order valence-corrected chi connectivity index (χ0v) is 20.4. The molecule has 1 saturated carbocycles. The molecule has 0 atom stereocenters. The van der Waals surface area contributed by atoms with Crippen LogP contribution in [0.3, 0.4) is 0 Å². The molecule has 29 heavy (non-hydrogen) atoms. The lowest BCUT2D eigenvalue weighted by molar-refractivity contribution is -0.133. The van der Waals surface area contributed by atoms with Crippen LogP contribution < -0.4 is 0 Å². The van der Waals surface area contributed by atoms with Crippen molar-refractivity contribution in [3.05, 3.63) is 62.2 Å². The van der Waals surface area contributed by atoms with Gasteiger partial charge in [0.15, 0.2) is 0 Å². The molecule has 0 amide bonds. The van der Waals surface area contributed by atoms with Gasteiger partial charge in [-0.15, -0.1) is 11.8 Å². The van der Waals surface area contributed by atoms with E-state index in [9.17, 15) is 9.59 Å². The topological polar surface area (TPSA) is 34.1 Å². The molecule has 2 aromatic rings. The lowest BCUT2D eigenvalue weighted by atomic mass is 9.73. The summed E-state index contributed by atoms with van der Waals surface area (Å²) in [5.41, 5.74) is 4.56. The van der Waals surface area contributed by atoms with Crippen LogP contribution in [0.1, 0.15) is 61.3 Å². The first kappa shape index (κ1) is 22.5. The average Bonchev–Trinajstić information content (AvgIpc) is 2.69. The van der Waals surface area contributed by atoms with Crippen molar-refractivity contribution < 1.29 is 9.59 Å². The Labute approximate surface area is 192 Å². The van der Waals surface area contributed by atoms with Gasteiger partial charge in [-0.1, -0.05) is 31.5 Å². The summed E-state index contributed by atoms with van der Waals surface area (Å²) in [5, 5.41) is 0. The third-order valence-electron chi connectivity index (χ3n) is 5.78. The number of ketones is 2. The number of hydrogen-bond acceptors (Lipinski definition) is 3. The summed E-state index contributed by atoms with van der Waals surface area (Å²) in [6.07, 6.45) is 3.69. The summed E-state index contributed by atoms with van der Waals surface area (Å²) in [6.45, 7) is 6.31. The molecule has 0 N–H and O–H groups in total. The van der Waals surface area contributed by atoms with Crippen molar-refractivity contribution in [2.75, 3.05) is 5.75 Å². The highest BCUT2D eigenvalue weighted by atomic mass is 127. The summed E-state index contributed by atoms with van der Waals surface area (Å²) in [5.74, 6) is 0.836. The van der Waals surface area contributed by atoms with E-state index >= 15 is 0 Å². The smallest absolute Gasteiger partial charge is 0.148 e. The number of carbonyl (C=O) groups is 2. The number of Topliss-reactive ketones (excluding diaryl/α,β-unsaturated/α-hetero) is 2. The molecule has 0 aromatic heterocycles. The van der Waals surface area contributed by atoms with Gasteiger partial charge in [-0.2, -0.15) is 0 Å². The number of halogens is 1. The van der Waals surface area contributed by atoms with Gasteiger partial charge in [-0.3, -0.25) is 9.59 Å². The van der Waals surface area contributed by atoms with Gasteiger partial charge >= 0.3 is 0 Å². The molecule has 0 spiro atoms. The van der Waals surface area contributed by atoms with E-state index in [2.05, 4.69) is 79.8 Å². The number of carbonyl (C=O) groups excluding carboxylic acids is 2. The third-order valence-corrected chi connectivity index (χ3v) is 7.54. The summed E-state index contributed by atoms with van der Waals surface area (Å²) in [6, 6.07) is 12.8.